The zero-order chi connectivity index (χ0) is 18.3. The van der Waals surface area contributed by atoms with Crippen molar-refractivity contribution in [2.45, 2.75) is 50.8 Å². The van der Waals surface area contributed by atoms with Gasteiger partial charge < -0.3 is 5.32 Å². The Hall–Kier alpha value is -1.66. The van der Waals surface area contributed by atoms with Crippen molar-refractivity contribution in [3.8, 4) is 0 Å². The molecule has 0 saturated heterocycles. The lowest BCUT2D eigenvalue weighted by molar-refractivity contribution is -0.113. The highest BCUT2D eigenvalue weighted by Gasteiger charge is 2.34. The van der Waals surface area contributed by atoms with Gasteiger partial charge in [0.25, 0.3) is 0 Å². The molecule has 4 nitrogen and oxygen atoms in total. The van der Waals surface area contributed by atoms with Crippen LogP contribution in [0.4, 0.5) is 5.13 Å². The van der Waals surface area contributed by atoms with Gasteiger partial charge in [-0.3, -0.25) is 9.59 Å². The number of thioether (sulfide) groups is 1. The fraction of sp³-hybridized carbons (Fsp3) is 0.450. The van der Waals surface area contributed by atoms with Crippen molar-refractivity contribution in [3.63, 3.8) is 0 Å². The lowest BCUT2D eigenvalue weighted by Gasteiger charge is -2.26. The Bertz CT molecular complexity index is 886. The SMILES string of the molecule is CC1(C)CC(=O)c2sc(NC(=O)CSc3ccc4c(c3)CCC4)nc2C1. The van der Waals surface area contributed by atoms with Gasteiger partial charge in [-0.05, 0) is 54.4 Å². The van der Waals surface area contributed by atoms with E-state index in [0.29, 0.717) is 22.2 Å². The van der Waals surface area contributed by atoms with E-state index < -0.39 is 0 Å². The molecule has 4 rings (SSSR count). The molecule has 0 saturated carbocycles. The van der Waals surface area contributed by atoms with E-state index in [1.54, 1.807) is 11.8 Å². The molecule has 1 aromatic carbocycles. The van der Waals surface area contributed by atoms with Crippen LogP contribution in [0.25, 0.3) is 0 Å². The first-order valence-electron chi connectivity index (χ1n) is 8.97. The largest absolute Gasteiger partial charge is 0.301 e. The minimum Gasteiger partial charge on any atom is -0.301 e. The van der Waals surface area contributed by atoms with Gasteiger partial charge in [0.05, 0.1) is 16.3 Å². The summed E-state index contributed by atoms with van der Waals surface area (Å²) >= 11 is 2.86. The lowest BCUT2D eigenvalue weighted by atomic mass is 9.78. The molecule has 0 fully saturated rings. The van der Waals surface area contributed by atoms with Crippen LogP contribution in [0.1, 0.15) is 53.2 Å². The summed E-state index contributed by atoms with van der Waals surface area (Å²) in [5.74, 6) is 0.415. The van der Waals surface area contributed by atoms with Gasteiger partial charge in [0, 0.05) is 11.3 Å². The van der Waals surface area contributed by atoms with Gasteiger partial charge in [0.15, 0.2) is 10.9 Å². The number of carbonyl (C=O) groups excluding carboxylic acids is 2. The van der Waals surface area contributed by atoms with Crippen LogP contribution >= 0.6 is 23.1 Å². The number of hydrogen-bond acceptors (Lipinski definition) is 5. The van der Waals surface area contributed by atoms with Gasteiger partial charge in [-0.25, -0.2) is 4.98 Å². The average molecular weight is 387 g/mol. The number of amides is 1. The number of benzene rings is 1. The first kappa shape index (κ1) is 17.7. The molecule has 0 aliphatic heterocycles. The van der Waals surface area contributed by atoms with Gasteiger partial charge >= 0.3 is 0 Å². The fourth-order valence-electron chi connectivity index (χ4n) is 3.72. The highest BCUT2D eigenvalue weighted by atomic mass is 32.2. The van der Waals surface area contributed by atoms with E-state index in [0.717, 1.165) is 23.4 Å². The highest BCUT2D eigenvalue weighted by molar-refractivity contribution is 8.00. The van der Waals surface area contributed by atoms with Crippen LogP contribution in [-0.2, 0) is 24.1 Å². The number of nitrogens with zero attached hydrogens (tertiary/aromatic N) is 1. The molecule has 2 aliphatic rings. The number of aryl methyl sites for hydroxylation is 2. The van der Waals surface area contributed by atoms with Gasteiger partial charge in [-0.15, -0.1) is 11.8 Å². The van der Waals surface area contributed by atoms with E-state index in [4.69, 9.17) is 0 Å². The number of fused-ring (bicyclic) bond motifs is 2. The topological polar surface area (TPSA) is 59.1 Å². The maximum absolute atomic E-state index is 12.3. The fourth-order valence-corrected chi connectivity index (χ4v) is 5.41. The molecule has 0 atom stereocenters. The summed E-state index contributed by atoms with van der Waals surface area (Å²) in [6, 6.07) is 6.50. The van der Waals surface area contributed by atoms with Crippen molar-refractivity contribution < 1.29 is 9.59 Å². The van der Waals surface area contributed by atoms with E-state index in [2.05, 4.69) is 42.3 Å². The number of rotatable bonds is 4. The normalized spacial score (nSPS) is 17.7. The average Bonchev–Trinajstić information content (AvgIpc) is 3.17. The van der Waals surface area contributed by atoms with Crippen LogP contribution in [0.15, 0.2) is 23.1 Å². The van der Waals surface area contributed by atoms with Crippen molar-refractivity contribution in [1.29, 1.82) is 0 Å². The summed E-state index contributed by atoms with van der Waals surface area (Å²) in [6.45, 7) is 4.16. The van der Waals surface area contributed by atoms with E-state index in [-0.39, 0.29) is 17.1 Å². The highest BCUT2D eigenvalue weighted by Crippen LogP contribution is 2.38. The van der Waals surface area contributed by atoms with Gasteiger partial charge in [0.2, 0.25) is 5.91 Å². The van der Waals surface area contributed by atoms with Crippen LogP contribution in [-0.4, -0.2) is 22.4 Å². The summed E-state index contributed by atoms with van der Waals surface area (Å²) < 4.78 is 0. The Labute approximate surface area is 161 Å². The molecule has 1 amide bonds. The number of Topliss-reactive ketones (excluding diaryl/α,β-unsaturated/α-hetero) is 1. The first-order valence-corrected chi connectivity index (χ1v) is 10.8. The van der Waals surface area contributed by atoms with Crippen LogP contribution < -0.4 is 5.32 Å². The van der Waals surface area contributed by atoms with Crippen LogP contribution in [0.2, 0.25) is 0 Å². The first-order chi connectivity index (χ1) is 12.4. The predicted molar refractivity (Wildman–Crippen MR) is 106 cm³/mol. The van der Waals surface area contributed by atoms with Crippen LogP contribution in [0, 0.1) is 5.41 Å². The van der Waals surface area contributed by atoms with Crippen molar-refractivity contribution in [2.24, 2.45) is 5.41 Å². The summed E-state index contributed by atoms with van der Waals surface area (Å²) in [5, 5.41) is 3.41. The zero-order valence-corrected chi connectivity index (χ0v) is 16.7. The van der Waals surface area contributed by atoms with Gasteiger partial charge in [-0.2, -0.15) is 0 Å². The number of carbonyl (C=O) groups is 2. The zero-order valence-electron chi connectivity index (χ0n) is 15.1. The van der Waals surface area contributed by atoms with Crippen molar-refractivity contribution in [3.05, 3.63) is 39.9 Å². The Kier molecular flexibility index (Phi) is 4.65. The molecule has 2 aliphatic carbocycles. The molecular formula is C20H22N2O2S2. The molecule has 1 aromatic heterocycles. The molecule has 0 radical (unpaired) electrons. The molecule has 0 bridgehead atoms. The van der Waals surface area contributed by atoms with Crippen LogP contribution in [0.3, 0.4) is 0 Å². The van der Waals surface area contributed by atoms with E-state index in [1.807, 2.05) is 0 Å². The number of hydrogen-bond donors (Lipinski definition) is 1. The molecule has 1 heterocycles. The van der Waals surface area contributed by atoms with Gasteiger partial charge in [-0.1, -0.05) is 31.3 Å². The summed E-state index contributed by atoms with van der Waals surface area (Å²) in [5.41, 5.74) is 3.64. The minimum atomic E-state index is -0.0756. The van der Waals surface area contributed by atoms with E-state index in [9.17, 15) is 9.59 Å². The van der Waals surface area contributed by atoms with Crippen molar-refractivity contribution in [1.82, 2.24) is 4.98 Å². The summed E-state index contributed by atoms with van der Waals surface area (Å²) in [6.07, 6.45) is 4.87. The number of thiazole rings is 1. The molecule has 136 valence electrons. The third-order valence-corrected chi connectivity index (χ3v) is 6.97. The Morgan fingerprint density at radius 3 is 2.92 bits per heavy atom. The van der Waals surface area contributed by atoms with Gasteiger partial charge in [0.1, 0.15) is 0 Å². The second-order valence-electron chi connectivity index (χ2n) is 7.86. The third-order valence-electron chi connectivity index (χ3n) is 4.92. The quantitative estimate of drug-likeness (QED) is 0.785. The molecule has 1 N–H and O–H groups in total. The van der Waals surface area contributed by atoms with Crippen molar-refractivity contribution in [2.75, 3.05) is 11.1 Å². The monoisotopic (exact) mass is 386 g/mol. The summed E-state index contributed by atoms with van der Waals surface area (Å²) in [4.78, 5) is 30.9. The smallest absolute Gasteiger partial charge is 0.236 e. The lowest BCUT2D eigenvalue weighted by Crippen LogP contribution is -2.26. The standard InChI is InChI=1S/C20H22N2O2S2/c1-20(2)9-15-18(16(23)10-20)26-19(21-15)22-17(24)11-25-14-7-6-12-4-3-5-13(12)8-14/h6-8H,3-5,9-11H2,1-2H3,(H,21,22,24). The Morgan fingerprint density at radius 2 is 2.08 bits per heavy atom. The number of aromatic nitrogens is 1. The van der Waals surface area contributed by atoms with Crippen LogP contribution in [0.5, 0.6) is 0 Å². The van der Waals surface area contributed by atoms with E-state index in [1.165, 1.54) is 35.3 Å². The molecule has 0 unspecified atom stereocenters. The minimum absolute atomic E-state index is 0.0527. The van der Waals surface area contributed by atoms with E-state index >= 15 is 0 Å². The Morgan fingerprint density at radius 1 is 1.27 bits per heavy atom. The molecule has 0 spiro atoms. The second-order valence-corrected chi connectivity index (χ2v) is 9.90. The second kappa shape index (κ2) is 6.82. The third kappa shape index (κ3) is 3.71. The summed E-state index contributed by atoms with van der Waals surface area (Å²) in [7, 11) is 0. The Balaban J connectivity index is 1.38. The molecule has 2 aromatic rings. The number of anilines is 1. The van der Waals surface area contributed by atoms with Crippen molar-refractivity contribution >= 4 is 39.9 Å². The maximum atomic E-state index is 12.3. The molecule has 26 heavy (non-hydrogen) atoms. The number of nitrogens with one attached hydrogen (secondary N) is 1. The number of ketones is 1. The maximum Gasteiger partial charge on any atom is 0.236 e. The molecule has 6 heteroatoms. The predicted octanol–water partition coefficient (Wildman–Crippen LogP) is 4.52. The molecular weight excluding hydrogens is 364 g/mol.